The minimum atomic E-state index is -0.475. The Morgan fingerprint density at radius 1 is 1.19 bits per heavy atom. The van der Waals surface area contributed by atoms with E-state index >= 15 is 0 Å². The maximum absolute atomic E-state index is 12.5. The molecule has 0 aliphatic heterocycles. The smallest absolute Gasteiger partial charge is 0.348 e. The number of rotatable bonds is 5. The fraction of sp³-hybridized carbons (Fsp3) is 0.350. The summed E-state index contributed by atoms with van der Waals surface area (Å²) in [4.78, 5) is 24.9. The van der Waals surface area contributed by atoms with Crippen molar-refractivity contribution in [3.8, 4) is 6.07 Å². The van der Waals surface area contributed by atoms with Gasteiger partial charge in [-0.15, -0.1) is 11.3 Å². The van der Waals surface area contributed by atoms with Crippen molar-refractivity contribution in [1.82, 2.24) is 0 Å². The number of carbonyl (C=O) groups is 2. The van der Waals surface area contributed by atoms with E-state index in [1.807, 2.05) is 32.9 Å². The van der Waals surface area contributed by atoms with Crippen molar-refractivity contribution in [2.24, 2.45) is 0 Å². The van der Waals surface area contributed by atoms with Gasteiger partial charge in [0.2, 0.25) is 5.91 Å². The van der Waals surface area contributed by atoms with Gasteiger partial charge in [-0.25, -0.2) is 4.79 Å². The molecule has 0 fully saturated rings. The van der Waals surface area contributed by atoms with Crippen molar-refractivity contribution in [3.05, 3.63) is 50.4 Å². The maximum Gasteiger partial charge on any atom is 0.348 e. The molecule has 1 amide bonds. The molecule has 0 saturated heterocycles. The summed E-state index contributed by atoms with van der Waals surface area (Å²) in [5.41, 5.74) is 5.10. The SMILES string of the molecule is CCOC(=O)c1sc(NC(=O)Cc2c(C)cc(C)cc2C)c(C#N)c1C. The molecular weight excluding hydrogens is 348 g/mol. The number of esters is 1. The van der Waals surface area contributed by atoms with E-state index in [4.69, 9.17) is 4.74 Å². The molecule has 6 heteroatoms. The van der Waals surface area contributed by atoms with Gasteiger partial charge in [0.15, 0.2) is 0 Å². The lowest BCUT2D eigenvalue weighted by molar-refractivity contribution is -0.115. The van der Waals surface area contributed by atoms with Gasteiger partial charge in [0.25, 0.3) is 0 Å². The van der Waals surface area contributed by atoms with Crippen LogP contribution in [0.15, 0.2) is 12.1 Å². The second-order valence-electron chi connectivity index (χ2n) is 6.19. The molecule has 0 spiro atoms. The molecule has 0 saturated carbocycles. The van der Waals surface area contributed by atoms with Gasteiger partial charge < -0.3 is 10.1 Å². The van der Waals surface area contributed by atoms with Crippen molar-refractivity contribution >= 4 is 28.2 Å². The lowest BCUT2D eigenvalue weighted by Gasteiger charge is -2.11. The Morgan fingerprint density at radius 2 is 1.81 bits per heavy atom. The lowest BCUT2D eigenvalue weighted by Crippen LogP contribution is -2.16. The van der Waals surface area contributed by atoms with E-state index in [2.05, 4.69) is 11.4 Å². The number of hydrogen-bond donors (Lipinski definition) is 1. The summed E-state index contributed by atoms with van der Waals surface area (Å²) in [6.45, 7) is 9.65. The molecule has 0 unspecified atom stereocenters. The van der Waals surface area contributed by atoms with E-state index in [9.17, 15) is 14.9 Å². The highest BCUT2D eigenvalue weighted by Crippen LogP contribution is 2.33. The van der Waals surface area contributed by atoms with Gasteiger partial charge in [-0.3, -0.25) is 4.79 Å². The van der Waals surface area contributed by atoms with Gasteiger partial charge in [-0.05, 0) is 56.9 Å². The molecule has 2 aromatic rings. The first kappa shape index (κ1) is 19.7. The third kappa shape index (κ3) is 4.12. The van der Waals surface area contributed by atoms with E-state index in [0.717, 1.165) is 33.6 Å². The highest BCUT2D eigenvalue weighted by molar-refractivity contribution is 7.18. The number of anilines is 1. The Balaban J connectivity index is 2.26. The van der Waals surface area contributed by atoms with Crippen molar-refractivity contribution in [1.29, 1.82) is 5.26 Å². The van der Waals surface area contributed by atoms with Crippen LogP contribution in [0.3, 0.4) is 0 Å². The molecular formula is C20H22N2O3S. The molecule has 0 aliphatic rings. The number of nitrogens with one attached hydrogen (secondary N) is 1. The van der Waals surface area contributed by atoms with Gasteiger partial charge >= 0.3 is 5.97 Å². The molecule has 0 radical (unpaired) electrons. The standard InChI is InChI=1S/C20H22N2O3S/c1-6-25-20(24)18-14(5)16(10-21)19(26-18)22-17(23)9-15-12(3)7-11(2)8-13(15)4/h7-8H,6,9H2,1-5H3,(H,22,23). The average molecular weight is 370 g/mol. The van der Waals surface area contributed by atoms with Gasteiger partial charge in [0.05, 0.1) is 18.6 Å². The van der Waals surface area contributed by atoms with Crippen LogP contribution in [-0.4, -0.2) is 18.5 Å². The zero-order valence-electron chi connectivity index (χ0n) is 15.6. The fourth-order valence-corrected chi connectivity index (χ4v) is 4.01. The van der Waals surface area contributed by atoms with E-state index in [1.54, 1.807) is 13.8 Å². The number of thiophene rings is 1. The molecule has 0 aliphatic carbocycles. The van der Waals surface area contributed by atoms with Crippen LogP contribution in [0.2, 0.25) is 0 Å². The van der Waals surface area contributed by atoms with Crippen LogP contribution >= 0.6 is 11.3 Å². The molecule has 5 nitrogen and oxygen atoms in total. The Kier molecular flexibility index (Phi) is 6.17. The van der Waals surface area contributed by atoms with Crippen LogP contribution in [-0.2, 0) is 16.0 Å². The predicted molar refractivity (Wildman–Crippen MR) is 103 cm³/mol. The normalized spacial score (nSPS) is 10.3. The topological polar surface area (TPSA) is 79.2 Å². The van der Waals surface area contributed by atoms with Crippen molar-refractivity contribution < 1.29 is 14.3 Å². The van der Waals surface area contributed by atoms with Gasteiger partial charge in [-0.2, -0.15) is 5.26 Å². The molecule has 26 heavy (non-hydrogen) atoms. The summed E-state index contributed by atoms with van der Waals surface area (Å²) in [6.07, 6.45) is 0.217. The van der Waals surface area contributed by atoms with E-state index in [1.165, 1.54) is 0 Å². The Morgan fingerprint density at radius 3 is 2.35 bits per heavy atom. The van der Waals surface area contributed by atoms with Gasteiger partial charge in [0.1, 0.15) is 15.9 Å². The quantitative estimate of drug-likeness (QED) is 0.800. The zero-order chi connectivity index (χ0) is 19.4. The van der Waals surface area contributed by atoms with E-state index in [0.29, 0.717) is 21.0 Å². The minimum absolute atomic E-state index is 0.215. The summed E-state index contributed by atoms with van der Waals surface area (Å²) in [6, 6.07) is 6.16. The highest BCUT2D eigenvalue weighted by atomic mass is 32.1. The highest BCUT2D eigenvalue weighted by Gasteiger charge is 2.22. The summed E-state index contributed by atoms with van der Waals surface area (Å²) in [5.74, 6) is -0.689. The van der Waals surface area contributed by atoms with Crippen LogP contribution in [0.25, 0.3) is 0 Å². The zero-order valence-corrected chi connectivity index (χ0v) is 16.5. The van der Waals surface area contributed by atoms with Crippen LogP contribution < -0.4 is 5.32 Å². The molecule has 0 bridgehead atoms. The molecule has 1 N–H and O–H groups in total. The third-order valence-electron chi connectivity index (χ3n) is 4.15. The number of nitrogens with zero attached hydrogens (tertiary/aromatic N) is 1. The molecule has 1 aromatic carbocycles. The number of hydrogen-bond acceptors (Lipinski definition) is 5. The van der Waals surface area contributed by atoms with Gasteiger partial charge in [-0.1, -0.05) is 17.7 Å². The monoisotopic (exact) mass is 370 g/mol. The van der Waals surface area contributed by atoms with Crippen molar-refractivity contribution in [3.63, 3.8) is 0 Å². The molecule has 136 valence electrons. The predicted octanol–water partition coefficient (Wildman–Crippen LogP) is 4.21. The summed E-state index contributed by atoms with van der Waals surface area (Å²) >= 11 is 1.08. The largest absolute Gasteiger partial charge is 0.462 e. The number of nitriles is 1. The number of aryl methyl sites for hydroxylation is 3. The third-order valence-corrected chi connectivity index (χ3v) is 5.34. The Bertz CT molecular complexity index is 884. The molecule has 1 heterocycles. The number of ether oxygens (including phenoxy) is 1. The Labute approximate surface area is 157 Å². The first-order valence-corrected chi connectivity index (χ1v) is 9.17. The number of benzene rings is 1. The van der Waals surface area contributed by atoms with E-state index in [-0.39, 0.29) is 18.9 Å². The second-order valence-corrected chi connectivity index (χ2v) is 7.22. The Hall–Kier alpha value is -2.65. The average Bonchev–Trinajstić information content (AvgIpc) is 2.86. The van der Waals surface area contributed by atoms with Crippen LogP contribution in [0, 0.1) is 39.0 Å². The van der Waals surface area contributed by atoms with Gasteiger partial charge in [0, 0.05) is 0 Å². The number of amides is 1. The van der Waals surface area contributed by atoms with E-state index < -0.39 is 5.97 Å². The summed E-state index contributed by atoms with van der Waals surface area (Å²) in [7, 11) is 0. The maximum atomic E-state index is 12.5. The lowest BCUT2D eigenvalue weighted by atomic mass is 9.97. The number of carbonyl (C=O) groups excluding carboxylic acids is 2. The first-order valence-electron chi connectivity index (χ1n) is 8.35. The van der Waals surface area contributed by atoms with Crippen LogP contribution in [0.1, 0.15) is 50.0 Å². The van der Waals surface area contributed by atoms with Crippen molar-refractivity contribution in [2.75, 3.05) is 11.9 Å². The first-order chi connectivity index (χ1) is 12.3. The second kappa shape index (κ2) is 8.15. The minimum Gasteiger partial charge on any atom is -0.462 e. The van der Waals surface area contributed by atoms with Crippen LogP contribution in [0.4, 0.5) is 5.00 Å². The molecule has 0 atom stereocenters. The van der Waals surface area contributed by atoms with Crippen molar-refractivity contribution in [2.45, 2.75) is 41.0 Å². The summed E-state index contributed by atoms with van der Waals surface area (Å²) in [5, 5.41) is 12.6. The molecule has 1 aromatic heterocycles. The fourth-order valence-electron chi connectivity index (χ4n) is 2.95. The van der Waals surface area contributed by atoms with Crippen LogP contribution in [0.5, 0.6) is 0 Å². The summed E-state index contributed by atoms with van der Waals surface area (Å²) < 4.78 is 5.01. The molecule has 2 rings (SSSR count).